The number of hydrogen-bond donors (Lipinski definition) is 1. The van der Waals surface area contributed by atoms with Crippen LogP contribution in [0.2, 0.25) is 0 Å². The predicted octanol–water partition coefficient (Wildman–Crippen LogP) is 1.28. The minimum absolute atomic E-state index is 0.0492. The van der Waals surface area contributed by atoms with Gasteiger partial charge >= 0.3 is 12.2 Å². The van der Waals surface area contributed by atoms with E-state index in [0.29, 0.717) is 19.1 Å². The minimum Gasteiger partial charge on any atom is -0.324 e. The van der Waals surface area contributed by atoms with Crippen molar-refractivity contribution in [2.24, 2.45) is 0 Å². The highest BCUT2D eigenvalue weighted by Gasteiger charge is 2.38. The van der Waals surface area contributed by atoms with Gasteiger partial charge in [0, 0.05) is 19.1 Å². The molecule has 1 aliphatic rings. The average Bonchev–Trinajstić information content (AvgIpc) is 2.78. The van der Waals surface area contributed by atoms with Gasteiger partial charge in [-0.1, -0.05) is 0 Å². The van der Waals surface area contributed by atoms with E-state index >= 15 is 0 Å². The second-order valence-corrected chi connectivity index (χ2v) is 3.95. The van der Waals surface area contributed by atoms with Gasteiger partial charge in [0.2, 0.25) is 0 Å². The number of halogens is 3. The van der Waals surface area contributed by atoms with Crippen LogP contribution in [0.3, 0.4) is 0 Å². The normalized spacial score (nSPS) is 18.7. The Morgan fingerprint density at radius 1 is 1.35 bits per heavy atom. The Kier molecular flexibility index (Phi) is 3.23. The van der Waals surface area contributed by atoms with Gasteiger partial charge in [-0.25, -0.2) is 0 Å². The van der Waals surface area contributed by atoms with Gasteiger partial charge in [-0.3, -0.25) is 0 Å². The topological polar surface area (TPSA) is 54.2 Å². The molecule has 0 bridgehead atoms. The van der Waals surface area contributed by atoms with Crippen LogP contribution in [0.15, 0.2) is 4.52 Å². The van der Waals surface area contributed by atoms with E-state index < -0.39 is 12.0 Å². The highest BCUT2D eigenvalue weighted by molar-refractivity contribution is 5.26. The predicted molar refractivity (Wildman–Crippen MR) is 53.6 cm³/mol. The van der Waals surface area contributed by atoms with Crippen LogP contribution in [0.1, 0.15) is 18.7 Å². The molecule has 0 aromatic carbocycles. The third-order valence-corrected chi connectivity index (χ3v) is 2.84. The third kappa shape index (κ3) is 2.68. The van der Waals surface area contributed by atoms with Gasteiger partial charge in [-0.05, 0) is 25.0 Å². The molecular formula is C9H13F3N4O. The Morgan fingerprint density at radius 2 is 2.00 bits per heavy atom. The molecule has 0 aliphatic carbocycles. The lowest BCUT2D eigenvalue weighted by atomic mass is 10.1. The van der Waals surface area contributed by atoms with Crippen molar-refractivity contribution < 1.29 is 17.7 Å². The summed E-state index contributed by atoms with van der Waals surface area (Å²) in [6, 6.07) is 0.350. The largest absolute Gasteiger partial charge is 0.455 e. The van der Waals surface area contributed by atoms with Crippen LogP contribution < -0.4 is 10.2 Å². The van der Waals surface area contributed by atoms with Gasteiger partial charge in [-0.2, -0.15) is 18.2 Å². The fourth-order valence-electron chi connectivity index (χ4n) is 1.82. The van der Waals surface area contributed by atoms with Crippen LogP contribution in [-0.2, 0) is 6.18 Å². The van der Waals surface area contributed by atoms with Crippen LogP contribution in [0.25, 0.3) is 0 Å². The van der Waals surface area contributed by atoms with Crippen LogP contribution in [0, 0.1) is 0 Å². The molecule has 0 radical (unpaired) electrons. The van der Waals surface area contributed by atoms with Crippen LogP contribution in [0.5, 0.6) is 0 Å². The standard InChI is InChI=1S/C9H13F3N4O/c1-13-6-2-4-16(5-3-6)8-14-7(15-17-8)9(10,11)12/h6,13H,2-5H2,1H3. The van der Waals surface area contributed by atoms with Crippen LogP contribution in [0.4, 0.5) is 19.2 Å². The summed E-state index contributed by atoms with van der Waals surface area (Å²) in [5.74, 6) is -1.22. The maximum absolute atomic E-state index is 12.3. The lowest BCUT2D eigenvalue weighted by molar-refractivity contribution is -0.146. The number of nitrogens with one attached hydrogen (secondary N) is 1. The van der Waals surface area contributed by atoms with Gasteiger partial charge in [0.25, 0.3) is 5.82 Å². The summed E-state index contributed by atoms with van der Waals surface area (Å²) in [6.07, 6.45) is -2.86. The lowest BCUT2D eigenvalue weighted by Gasteiger charge is -2.30. The molecule has 1 aromatic heterocycles. The molecule has 1 N–H and O–H groups in total. The molecule has 17 heavy (non-hydrogen) atoms. The van der Waals surface area contributed by atoms with E-state index in [9.17, 15) is 13.2 Å². The molecule has 0 saturated carbocycles. The number of aromatic nitrogens is 2. The summed E-state index contributed by atoms with van der Waals surface area (Å²) < 4.78 is 41.4. The minimum atomic E-state index is -4.55. The third-order valence-electron chi connectivity index (χ3n) is 2.84. The molecule has 1 aromatic rings. The zero-order valence-corrected chi connectivity index (χ0v) is 9.29. The average molecular weight is 250 g/mol. The molecule has 96 valence electrons. The first-order valence-electron chi connectivity index (χ1n) is 5.34. The summed E-state index contributed by atoms with van der Waals surface area (Å²) in [7, 11) is 1.87. The summed E-state index contributed by atoms with van der Waals surface area (Å²) in [5, 5.41) is 6.07. The first-order chi connectivity index (χ1) is 8.00. The van der Waals surface area contributed by atoms with Crippen molar-refractivity contribution in [1.29, 1.82) is 0 Å². The zero-order chi connectivity index (χ0) is 12.5. The van der Waals surface area contributed by atoms with E-state index in [1.165, 1.54) is 0 Å². The maximum Gasteiger partial charge on any atom is 0.455 e. The highest BCUT2D eigenvalue weighted by Crippen LogP contribution is 2.28. The molecule has 1 aliphatic heterocycles. The smallest absolute Gasteiger partial charge is 0.324 e. The Balaban J connectivity index is 2.02. The molecule has 1 saturated heterocycles. The van der Waals surface area contributed by atoms with Gasteiger partial charge < -0.3 is 14.7 Å². The van der Waals surface area contributed by atoms with E-state index in [0.717, 1.165) is 12.8 Å². The van der Waals surface area contributed by atoms with Crippen LogP contribution >= 0.6 is 0 Å². The summed E-state index contributed by atoms with van der Waals surface area (Å²) >= 11 is 0. The van der Waals surface area contributed by atoms with Gasteiger partial charge in [0.15, 0.2) is 0 Å². The van der Waals surface area contributed by atoms with Crippen molar-refractivity contribution in [3.8, 4) is 0 Å². The molecule has 0 spiro atoms. The van der Waals surface area contributed by atoms with E-state index in [1.54, 1.807) is 4.90 Å². The molecule has 0 amide bonds. The number of alkyl halides is 3. The Labute approximate surface area is 96.0 Å². The molecule has 2 heterocycles. The Morgan fingerprint density at radius 3 is 2.47 bits per heavy atom. The summed E-state index contributed by atoms with van der Waals surface area (Å²) in [4.78, 5) is 5.04. The maximum atomic E-state index is 12.3. The fourth-order valence-corrected chi connectivity index (χ4v) is 1.82. The Hall–Kier alpha value is -1.31. The number of nitrogens with zero attached hydrogens (tertiary/aromatic N) is 3. The molecule has 0 unspecified atom stereocenters. The van der Waals surface area contributed by atoms with Crippen molar-refractivity contribution in [1.82, 2.24) is 15.5 Å². The lowest BCUT2D eigenvalue weighted by Crippen LogP contribution is -2.41. The van der Waals surface area contributed by atoms with E-state index in [-0.39, 0.29) is 6.01 Å². The molecule has 1 fully saturated rings. The van der Waals surface area contributed by atoms with E-state index in [4.69, 9.17) is 0 Å². The number of piperidine rings is 1. The molecule has 2 rings (SSSR count). The first-order valence-corrected chi connectivity index (χ1v) is 5.34. The fraction of sp³-hybridized carbons (Fsp3) is 0.778. The Bertz CT molecular complexity index is 371. The summed E-state index contributed by atoms with van der Waals surface area (Å²) in [6.45, 7) is 1.23. The van der Waals surface area contributed by atoms with Crippen molar-refractivity contribution in [2.75, 3.05) is 25.0 Å². The van der Waals surface area contributed by atoms with Gasteiger partial charge in [0.05, 0.1) is 0 Å². The molecular weight excluding hydrogens is 237 g/mol. The van der Waals surface area contributed by atoms with Crippen molar-refractivity contribution >= 4 is 6.01 Å². The highest BCUT2D eigenvalue weighted by atomic mass is 19.4. The SMILES string of the molecule is CNC1CCN(c2nc(C(F)(F)F)no2)CC1. The van der Waals surface area contributed by atoms with Gasteiger partial charge in [-0.15, -0.1) is 0 Å². The monoisotopic (exact) mass is 250 g/mol. The summed E-state index contributed by atoms with van der Waals surface area (Å²) in [5.41, 5.74) is 0. The molecule has 0 atom stereocenters. The quantitative estimate of drug-likeness (QED) is 0.856. The second-order valence-electron chi connectivity index (χ2n) is 3.95. The van der Waals surface area contributed by atoms with Crippen molar-refractivity contribution in [2.45, 2.75) is 25.1 Å². The van der Waals surface area contributed by atoms with E-state index in [2.05, 4.69) is 20.0 Å². The number of anilines is 1. The zero-order valence-electron chi connectivity index (χ0n) is 9.29. The molecule has 5 nitrogen and oxygen atoms in total. The molecule has 8 heteroatoms. The van der Waals surface area contributed by atoms with Crippen molar-refractivity contribution in [3.05, 3.63) is 5.82 Å². The van der Waals surface area contributed by atoms with Crippen molar-refractivity contribution in [3.63, 3.8) is 0 Å². The van der Waals surface area contributed by atoms with Gasteiger partial charge in [0.1, 0.15) is 0 Å². The van der Waals surface area contributed by atoms with E-state index in [1.807, 2.05) is 7.05 Å². The second kappa shape index (κ2) is 4.52. The first kappa shape index (κ1) is 12.2. The number of rotatable bonds is 2. The number of hydrogen-bond acceptors (Lipinski definition) is 5. The van der Waals surface area contributed by atoms with Crippen LogP contribution in [-0.4, -0.2) is 36.3 Å².